The Morgan fingerprint density at radius 3 is 2.47 bits per heavy atom. The van der Waals surface area contributed by atoms with Crippen LogP contribution >= 0.6 is 0 Å². The zero-order valence-corrected chi connectivity index (χ0v) is 10.7. The first kappa shape index (κ1) is 15.2. The van der Waals surface area contributed by atoms with Crippen LogP contribution in [0.2, 0.25) is 0 Å². The number of aliphatic carboxylic acids is 1. The molecule has 1 fully saturated rings. The molecule has 0 heterocycles. The molecule has 0 bridgehead atoms. The van der Waals surface area contributed by atoms with Crippen molar-refractivity contribution < 1.29 is 29.3 Å². The fraction of sp³-hybridized carbons (Fsp3) is 0.727. The number of carboxylic acids is 1. The lowest BCUT2D eigenvalue weighted by Crippen LogP contribution is -2.51. The van der Waals surface area contributed by atoms with Gasteiger partial charge in [-0.15, -0.1) is 0 Å². The van der Waals surface area contributed by atoms with Crippen LogP contribution in [0.4, 0.5) is 4.79 Å². The number of hydrogen-bond acceptors (Lipinski definition) is 5. The van der Waals surface area contributed by atoms with Crippen LogP contribution in [0, 0.1) is 0 Å². The summed E-state index contributed by atoms with van der Waals surface area (Å²) in [5.74, 6) is -1.87. The number of aliphatic hydroxyl groups is 1. The van der Waals surface area contributed by atoms with E-state index in [0.29, 0.717) is 0 Å². The number of ether oxygens (including phenoxy) is 1. The molecule has 0 aromatic rings. The van der Waals surface area contributed by atoms with E-state index < -0.39 is 30.6 Å². The second-order valence-corrected chi connectivity index (χ2v) is 4.19. The number of aliphatic hydroxyl groups excluding tert-OH is 1. The number of esters is 1. The lowest BCUT2D eigenvalue weighted by Gasteiger charge is -2.23. The van der Waals surface area contributed by atoms with Crippen molar-refractivity contribution in [3.8, 4) is 0 Å². The summed E-state index contributed by atoms with van der Waals surface area (Å²) in [6, 6.07) is -2.13. The molecule has 1 aliphatic rings. The zero-order valence-electron chi connectivity index (χ0n) is 10.7. The maximum Gasteiger partial charge on any atom is 0.328 e. The molecule has 1 atom stereocenters. The summed E-state index contributed by atoms with van der Waals surface area (Å²) >= 11 is 0. The molecule has 2 amide bonds. The van der Waals surface area contributed by atoms with Crippen molar-refractivity contribution in [1.82, 2.24) is 10.2 Å². The first-order chi connectivity index (χ1) is 8.99. The number of urea groups is 1. The third kappa shape index (κ3) is 4.74. The van der Waals surface area contributed by atoms with Gasteiger partial charge in [0.05, 0.1) is 13.2 Å². The summed E-state index contributed by atoms with van der Waals surface area (Å²) in [6.45, 7) is 0.945. The molecule has 8 heteroatoms. The van der Waals surface area contributed by atoms with Crippen molar-refractivity contribution in [1.29, 1.82) is 0 Å². The van der Waals surface area contributed by atoms with Gasteiger partial charge in [0.2, 0.25) is 0 Å². The normalized spacial score (nSPS) is 15.5. The van der Waals surface area contributed by atoms with Crippen molar-refractivity contribution in [3.05, 3.63) is 0 Å². The SMILES string of the molecule is CCOC(=O)CN(C(=O)N[C@@H](CO)C(=O)O)C1CC1. The summed E-state index contributed by atoms with van der Waals surface area (Å²) in [7, 11) is 0. The third-order valence-corrected chi connectivity index (χ3v) is 2.63. The van der Waals surface area contributed by atoms with Gasteiger partial charge in [-0.25, -0.2) is 9.59 Å². The zero-order chi connectivity index (χ0) is 14.4. The van der Waals surface area contributed by atoms with E-state index >= 15 is 0 Å². The van der Waals surface area contributed by atoms with Crippen LogP contribution in [-0.2, 0) is 14.3 Å². The lowest BCUT2D eigenvalue weighted by atomic mass is 10.3. The monoisotopic (exact) mass is 274 g/mol. The van der Waals surface area contributed by atoms with E-state index in [-0.39, 0.29) is 19.2 Å². The predicted octanol–water partition coefficient (Wildman–Crippen LogP) is -0.831. The quantitative estimate of drug-likeness (QED) is 0.522. The number of nitrogens with zero attached hydrogens (tertiary/aromatic N) is 1. The van der Waals surface area contributed by atoms with Crippen LogP contribution in [0.1, 0.15) is 19.8 Å². The van der Waals surface area contributed by atoms with Gasteiger partial charge in [0.25, 0.3) is 0 Å². The fourth-order valence-electron chi connectivity index (χ4n) is 1.52. The molecule has 0 radical (unpaired) electrons. The van der Waals surface area contributed by atoms with Crippen molar-refractivity contribution >= 4 is 18.0 Å². The van der Waals surface area contributed by atoms with Gasteiger partial charge in [0.1, 0.15) is 6.54 Å². The Balaban J connectivity index is 2.58. The second kappa shape index (κ2) is 6.93. The Bertz CT molecular complexity index is 355. The number of amides is 2. The van der Waals surface area contributed by atoms with Gasteiger partial charge >= 0.3 is 18.0 Å². The van der Waals surface area contributed by atoms with Crippen LogP contribution in [-0.4, -0.2) is 64.9 Å². The molecule has 8 nitrogen and oxygen atoms in total. The first-order valence-electron chi connectivity index (χ1n) is 6.06. The summed E-state index contributed by atoms with van der Waals surface area (Å²) in [5.41, 5.74) is 0. The van der Waals surface area contributed by atoms with Gasteiger partial charge in [-0.3, -0.25) is 4.79 Å². The van der Waals surface area contributed by atoms with Crippen molar-refractivity contribution in [3.63, 3.8) is 0 Å². The molecule has 1 rings (SSSR count). The molecular formula is C11H18N2O6. The minimum Gasteiger partial charge on any atom is -0.480 e. The molecule has 0 spiro atoms. The molecule has 1 aliphatic carbocycles. The van der Waals surface area contributed by atoms with E-state index in [0.717, 1.165) is 12.8 Å². The molecule has 0 aliphatic heterocycles. The molecule has 0 unspecified atom stereocenters. The summed E-state index contributed by atoms with van der Waals surface area (Å²) in [5, 5.41) is 19.7. The van der Waals surface area contributed by atoms with Gasteiger partial charge in [-0.05, 0) is 19.8 Å². The Labute approximate surface area is 110 Å². The summed E-state index contributed by atoms with van der Waals surface area (Å²) in [4.78, 5) is 35.2. The highest BCUT2D eigenvalue weighted by atomic mass is 16.5. The van der Waals surface area contributed by atoms with Gasteiger partial charge in [0.15, 0.2) is 6.04 Å². The maximum atomic E-state index is 11.9. The topological polar surface area (TPSA) is 116 Å². The molecule has 0 aromatic heterocycles. The van der Waals surface area contributed by atoms with Crippen molar-refractivity contribution in [2.24, 2.45) is 0 Å². The maximum absolute atomic E-state index is 11.9. The molecule has 0 saturated heterocycles. The van der Waals surface area contributed by atoms with Gasteiger partial charge in [-0.1, -0.05) is 0 Å². The third-order valence-electron chi connectivity index (χ3n) is 2.63. The Hall–Kier alpha value is -1.83. The number of nitrogens with one attached hydrogen (secondary N) is 1. The van der Waals surface area contributed by atoms with E-state index in [2.05, 4.69) is 5.32 Å². The Kier molecular flexibility index (Phi) is 5.56. The second-order valence-electron chi connectivity index (χ2n) is 4.19. The average molecular weight is 274 g/mol. The Morgan fingerprint density at radius 1 is 1.42 bits per heavy atom. The minimum absolute atomic E-state index is 0.0717. The van der Waals surface area contributed by atoms with Crippen molar-refractivity contribution in [2.45, 2.75) is 31.8 Å². The standard InChI is InChI=1S/C11H18N2O6/c1-2-19-9(15)5-13(7-3-4-7)11(18)12-8(6-14)10(16)17/h7-8,14H,2-6H2,1H3,(H,12,18)(H,16,17)/t8-/m0/s1. The van der Waals surface area contributed by atoms with Crippen LogP contribution in [0.3, 0.4) is 0 Å². The highest BCUT2D eigenvalue weighted by Crippen LogP contribution is 2.26. The highest BCUT2D eigenvalue weighted by Gasteiger charge is 2.35. The summed E-state index contributed by atoms with van der Waals surface area (Å²) in [6.07, 6.45) is 1.54. The molecule has 3 N–H and O–H groups in total. The van der Waals surface area contributed by atoms with E-state index in [1.54, 1.807) is 6.92 Å². The number of hydrogen-bond donors (Lipinski definition) is 3. The minimum atomic E-state index is -1.38. The fourth-order valence-corrected chi connectivity index (χ4v) is 1.52. The molecule has 1 saturated carbocycles. The molecule has 19 heavy (non-hydrogen) atoms. The number of carbonyl (C=O) groups is 3. The van der Waals surface area contributed by atoms with Crippen LogP contribution in [0.5, 0.6) is 0 Å². The van der Waals surface area contributed by atoms with Crippen LogP contribution < -0.4 is 5.32 Å². The number of carboxylic acid groups (broad SMARTS) is 1. The van der Waals surface area contributed by atoms with Gasteiger partial charge < -0.3 is 25.2 Å². The number of rotatable bonds is 7. The van der Waals surface area contributed by atoms with Crippen molar-refractivity contribution in [2.75, 3.05) is 19.8 Å². The Morgan fingerprint density at radius 2 is 2.05 bits per heavy atom. The van der Waals surface area contributed by atoms with E-state index in [1.807, 2.05) is 0 Å². The lowest BCUT2D eigenvalue weighted by molar-refractivity contribution is -0.143. The van der Waals surface area contributed by atoms with E-state index in [4.69, 9.17) is 14.9 Å². The molecular weight excluding hydrogens is 256 g/mol. The van der Waals surface area contributed by atoms with E-state index in [9.17, 15) is 14.4 Å². The first-order valence-corrected chi connectivity index (χ1v) is 6.06. The van der Waals surface area contributed by atoms with E-state index in [1.165, 1.54) is 4.90 Å². The smallest absolute Gasteiger partial charge is 0.328 e. The largest absolute Gasteiger partial charge is 0.480 e. The van der Waals surface area contributed by atoms with Crippen LogP contribution in [0.25, 0.3) is 0 Å². The van der Waals surface area contributed by atoms with Gasteiger partial charge in [-0.2, -0.15) is 0 Å². The van der Waals surface area contributed by atoms with Gasteiger partial charge in [0, 0.05) is 6.04 Å². The molecule has 0 aromatic carbocycles. The highest BCUT2D eigenvalue weighted by molar-refractivity contribution is 5.85. The predicted molar refractivity (Wildman–Crippen MR) is 63.4 cm³/mol. The van der Waals surface area contributed by atoms with Crippen LogP contribution in [0.15, 0.2) is 0 Å². The molecule has 108 valence electrons. The summed E-state index contributed by atoms with van der Waals surface area (Å²) < 4.78 is 4.75. The average Bonchev–Trinajstić information content (AvgIpc) is 3.16. The number of carbonyl (C=O) groups excluding carboxylic acids is 2.